The zero-order valence-corrected chi connectivity index (χ0v) is 17.4. The van der Waals surface area contributed by atoms with Crippen LogP contribution in [0.15, 0.2) is 78.9 Å². The average molecular weight is 410 g/mol. The number of hydrogen-bond acceptors (Lipinski definition) is 4. The molecule has 0 unspecified atom stereocenters. The maximum Gasteiger partial charge on any atom is 0.338 e. The lowest BCUT2D eigenvalue weighted by atomic mass is 10.0. The zero-order valence-electron chi connectivity index (χ0n) is 17.4. The first-order valence-corrected chi connectivity index (χ1v) is 10.1. The van der Waals surface area contributed by atoms with Crippen molar-refractivity contribution in [2.45, 2.75) is 13.8 Å². The van der Waals surface area contributed by atoms with Gasteiger partial charge >= 0.3 is 5.97 Å². The number of nitrogens with one attached hydrogen (secondary N) is 1. The number of benzene rings is 3. The minimum Gasteiger partial charge on any atom is -0.462 e. The number of pyridine rings is 1. The summed E-state index contributed by atoms with van der Waals surface area (Å²) in [6.45, 7) is 4.11. The van der Waals surface area contributed by atoms with Crippen LogP contribution in [-0.2, 0) is 4.74 Å². The lowest BCUT2D eigenvalue weighted by Gasteiger charge is -2.11. The van der Waals surface area contributed by atoms with Crippen molar-refractivity contribution in [3.05, 3.63) is 95.6 Å². The molecule has 0 saturated carbocycles. The number of aromatic nitrogens is 1. The fourth-order valence-corrected chi connectivity index (χ4v) is 3.34. The number of aryl methyl sites for hydroxylation is 1. The average Bonchev–Trinajstić information content (AvgIpc) is 2.79. The predicted octanol–water partition coefficient (Wildman–Crippen LogP) is 5.64. The lowest BCUT2D eigenvalue weighted by Crippen LogP contribution is -2.13. The van der Waals surface area contributed by atoms with Gasteiger partial charge < -0.3 is 10.1 Å². The minimum absolute atomic E-state index is 0.240. The summed E-state index contributed by atoms with van der Waals surface area (Å²) < 4.78 is 5.00. The molecule has 0 radical (unpaired) electrons. The van der Waals surface area contributed by atoms with Crippen LogP contribution in [0.5, 0.6) is 0 Å². The van der Waals surface area contributed by atoms with Crippen molar-refractivity contribution in [2.75, 3.05) is 11.9 Å². The molecule has 1 N–H and O–H groups in total. The fourth-order valence-electron chi connectivity index (χ4n) is 3.34. The third-order valence-corrected chi connectivity index (χ3v) is 4.96. The second-order valence-corrected chi connectivity index (χ2v) is 7.19. The largest absolute Gasteiger partial charge is 0.462 e. The van der Waals surface area contributed by atoms with Gasteiger partial charge in [0.25, 0.3) is 5.91 Å². The lowest BCUT2D eigenvalue weighted by molar-refractivity contribution is 0.0526. The van der Waals surface area contributed by atoms with E-state index in [0.717, 1.165) is 27.7 Å². The van der Waals surface area contributed by atoms with E-state index < -0.39 is 0 Å². The Balaban J connectivity index is 1.67. The van der Waals surface area contributed by atoms with E-state index >= 15 is 0 Å². The van der Waals surface area contributed by atoms with Crippen LogP contribution >= 0.6 is 0 Å². The SMILES string of the molecule is CCOC(=O)c1ccc(NC(=O)c2cc(-c3ccc(C)cc3)nc3ccccc23)cc1. The Hall–Kier alpha value is -3.99. The van der Waals surface area contributed by atoms with Gasteiger partial charge in [-0.1, -0.05) is 48.0 Å². The number of carbonyl (C=O) groups excluding carboxylic acids is 2. The van der Waals surface area contributed by atoms with Gasteiger partial charge in [-0.15, -0.1) is 0 Å². The first kappa shape index (κ1) is 20.3. The van der Waals surface area contributed by atoms with Crippen molar-refractivity contribution in [3.63, 3.8) is 0 Å². The number of esters is 1. The van der Waals surface area contributed by atoms with E-state index in [1.54, 1.807) is 31.2 Å². The molecular formula is C26H22N2O3. The molecule has 0 aliphatic heterocycles. The minimum atomic E-state index is -0.386. The standard InChI is InChI=1S/C26H22N2O3/c1-3-31-26(30)19-12-14-20(15-13-19)27-25(29)22-16-24(18-10-8-17(2)9-11-18)28-23-7-5-4-6-21(22)23/h4-16H,3H2,1-2H3,(H,27,29). The molecule has 5 nitrogen and oxygen atoms in total. The Morgan fingerprint density at radius 3 is 2.35 bits per heavy atom. The zero-order chi connectivity index (χ0) is 21.8. The highest BCUT2D eigenvalue weighted by molar-refractivity contribution is 6.13. The number of fused-ring (bicyclic) bond motifs is 1. The number of para-hydroxylation sites is 1. The van der Waals surface area contributed by atoms with Gasteiger partial charge in [0.15, 0.2) is 0 Å². The molecule has 1 amide bonds. The third kappa shape index (κ3) is 4.46. The summed E-state index contributed by atoms with van der Waals surface area (Å²) in [6, 6.07) is 24.1. The number of amides is 1. The molecule has 154 valence electrons. The van der Waals surface area contributed by atoms with Crippen molar-refractivity contribution in [1.29, 1.82) is 0 Å². The van der Waals surface area contributed by atoms with Gasteiger partial charge in [-0.3, -0.25) is 4.79 Å². The van der Waals surface area contributed by atoms with Crippen LogP contribution in [0.1, 0.15) is 33.2 Å². The van der Waals surface area contributed by atoms with Crippen LogP contribution < -0.4 is 5.32 Å². The number of hydrogen-bond donors (Lipinski definition) is 1. The highest BCUT2D eigenvalue weighted by Gasteiger charge is 2.15. The monoisotopic (exact) mass is 410 g/mol. The summed E-state index contributed by atoms with van der Waals surface area (Å²) in [5.41, 5.74) is 5.17. The first-order valence-electron chi connectivity index (χ1n) is 10.1. The van der Waals surface area contributed by atoms with Crippen LogP contribution in [0.4, 0.5) is 5.69 Å². The van der Waals surface area contributed by atoms with E-state index in [1.165, 1.54) is 0 Å². The Bertz CT molecular complexity index is 1250. The van der Waals surface area contributed by atoms with E-state index in [1.807, 2.05) is 61.5 Å². The van der Waals surface area contributed by atoms with Crippen molar-refractivity contribution >= 4 is 28.5 Å². The topological polar surface area (TPSA) is 68.3 Å². The molecule has 0 spiro atoms. The Morgan fingerprint density at radius 1 is 0.935 bits per heavy atom. The number of carbonyl (C=O) groups is 2. The van der Waals surface area contributed by atoms with Crippen LogP contribution in [0.3, 0.4) is 0 Å². The highest BCUT2D eigenvalue weighted by Crippen LogP contribution is 2.26. The molecular weight excluding hydrogens is 388 g/mol. The van der Waals surface area contributed by atoms with Gasteiger partial charge in [0.05, 0.1) is 28.9 Å². The molecule has 0 fully saturated rings. The molecule has 3 aromatic carbocycles. The normalized spacial score (nSPS) is 10.6. The second kappa shape index (κ2) is 8.79. The van der Waals surface area contributed by atoms with E-state index in [9.17, 15) is 9.59 Å². The van der Waals surface area contributed by atoms with E-state index in [0.29, 0.717) is 23.4 Å². The summed E-state index contributed by atoms with van der Waals surface area (Å²) >= 11 is 0. The second-order valence-electron chi connectivity index (χ2n) is 7.19. The molecule has 5 heteroatoms. The van der Waals surface area contributed by atoms with Crippen LogP contribution in [0.25, 0.3) is 22.2 Å². The summed E-state index contributed by atoms with van der Waals surface area (Å²) in [5.74, 6) is -0.626. The summed E-state index contributed by atoms with van der Waals surface area (Å²) in [4.78, 5) is 29.7. The number of nitrogens with zero attached hydrogens (tertiary/aromatic N) is 1. The van der Waals surface area contributed by atoms with E-state index in [-0.39, 0.29) is 11.9 Å². The molecule has 0 aliphatic carbocycles. The molecule has 1 aromatic heterocycles. The molecule has 4 rings (SSSR count). The van der Waals surface area contributed by atoms with Gasteiger partial charge in [-0.05, 0) is 50.2 Å². The molecule has 0 atom stereocenters. The van der Waals surface area contributed by atoms with E-state index in [2.05, 4.69) is 5.32 Å². The molecule has 0 bridgehead atoms. The van der Waals surface area contributed by atoms with Crippen LogP contribution in [0.2, 0.25) is 0 Å². The van der Waals surface area contributed by atoms with Gasteiger partial charge in [-0.25, -0.2) is 9.78 Å². The Kier molecular flexibility index (Phi) is 5.76. The Morgan fingerprint density at radius 2 is 1.65 bits per heavy atom. The van der Waals surface area contributed by atoms with Gasteiger partial charge in [0.1, 0.15) is 0 Å². The van der Waals surface area contributed by atoms with Gasteiger partial charge in [0.2, 0.25) is 0 Å². The highest BCUT2D eigenvalue weighted by atomic mass is 16.5. The van der Waals surface area contributed by atoms with Crippen molar-refractivity contribution in [2.24, 2.45) is 0 Å². The number of anilines is 1. The molecule has 0 saturated heterocycles. The summed E-state index contributed by atoms with van der Waals surface area (Å²) in [6.07, 6.45) is 0. The molecule has 4 aromatic rings. The summed E-state index contributed by atoms with van der Waals surface area (Å²) in [5, 5.41) is 3.69. The number of rotatable bonds is 5. The summed E-state index contributed by atoms with van der Waals surface area (Å²) in [7, 11) is 0. The van der Waals surface area contributed by atoms with Crippen molar-refractivity contribution in [3.8, 4) is 11.3 Å². The van der Waals surface area contributed by atoms with Crippen LogP contribution in [-0.4, -0.2) is 23.5 Å². The van der Waals surface area contributed by atoms with Crippen LogP contribution in [0, 0.1) is 6.92 Å². The number of ether oxygens (including phenoxy) is 1. The molecule has 1 heterocycles. The predicted molar refractivity (Wildman–Crippen MR) is 122 cm³/mol. The Labute approximate surface area is 180 Å². The van der Waals surface area contributed by atoms with E-state index in [4.69, 9.17) is 9.72 Å². The molecule has 0 aliphatic rings. The third-order valence-electron chi connectivity index (χ3n) is 4.96. The molecule has 31 heavy (non-hydrogen) atoms. The maximum absolute atomic E-state index is 13.2. The quantitative estimate of drug-likeness (QED) is 0.432. The fraction of sp³-hybridized carbons (Fsp3) is 0.115. The van der Waals surface area contributed by atoms with Crippen molar-refractivity contribution < 1.29 is 14.3 Å². The van der Waals surface area contributed by atoms with Crippen molar-refractivity contribution in [1.82, 2.24) is 4.98 Å². The maximum atomic E-state index is 13.2. The first-order chi connectivity index (χ1) is 15.0. The van der Waals surface area contributed by atoms with Gasteiger partial charge in [-0.2, -0.15) is 0 Å². The van der Waals surface area contributed by atoms with Gasteiger partial charge in [0, 0.05) is 16.6 Å². The smallest absolute Gasteiger partial charge is 0.338 e.